The molecule has 0 aliphatic heterocycles. The van der Waals surface area contributed by atoms with Crippen molar-refractivity contribution in [3.05, 3.63) is 121 Å². The number of hydrogen-bond acceptors (Lipinski definition) is 0. The third-order valence-corrected chi connectivity index (χ3v) is 6.07. The molecule has 6 rings (SSSR count). The first-order valence-corrected chi connectivity index (χ1v) is 10.4. The zero-order chi connectivity index (χ0) is 19.9. The Morgan fingerprint density at radius 1 is 0.267 bits per heavy atom. The van der Waals surface area contributed by atoms with E-state index in [4.69, 9.17) is 0 Å². The van der Waals surface area contributed by atoms with Crippen LogP contribution in [0.2, 0.25) is 0 Å². The van der Waals surface area contributed by atoms with Gasteiger partial charge < -0.3 is 0 Å². The van der Waals surface area contributed by atoms with Crippen LogP contribution in [0.15, 0.2) is 121 Å². The van der Waals surface area contributed by atoms with E-state index in [0.29, 0.717) is 0 Å². The topological polar surface area (TPSA) is 0 Å². The van der Waals surface area contributed by atoms with Crippen molar-refractivity contribution in [1.29, 1.82) is 0 Å². The number of benzene rings is 4. The molecule has 0 atom stereocenters. The van der Waals surface area contributed by atoms with E-state index in [9.17, 15) is 0 Å². The maximum absolute atomic E-state index is 2.38. The first-order chi connectivity index (χ1) is 14.9. The molecule has 2 aliphatic rings. The average Bonchev–Trinajstić information content (AvgIpc) is 2.98. The molecule has 0 radical (unpaired) electrons. The van der Waals surface area contributed by atoms with Crippen molar-refractivity contribution >= 4 is 21.5 Å². The van der Waals surface area contributed by atoms with E-state index in [1.165, 1.54) is 54.9 Å². The lowest BCUT2D eigenvalue weighted by Crippen LogP contribution is -1.81. The van der Waals surface area contributed by atoms with Gasteiger partial charge in [-0.05, 0) is 61.0 Å². The quantitative estimate of drug-likeness (QED) is 0.283. The number of rotatable bonds is 2. The second kappa shape index (κ2) is 6.86. The van der Waals surface area contributed by atoms with E-state index in [0.717, 1.165) is 0 Å². The number of hydrogen-bond donors (Lipinski definition) is 0. The molecule has 140 valence electrons. The van der Waals surface area contributed by atoms with Gasteiger partial charge in [-0.1, -0.05) is 115 Å². The Kier molecular flexibility index (Phi) is 3.89. The molecule has 2 aliphatic carbocycles. The van der Waals surface area contributed by atoms with Crippen LogP contribution in [0.4, 0.5) is 0 Å². The van der Waals surface area contributed by atoms with Crippen molar-refractivity contribution in [2.45, 2.75) is 0 Å². The molecule has 0 saturated carbocycles. The van der Waals surface area contributed by atoms with Gasteiger partial charge in [0.05, 0.1) is 0 Å². The summed E-state index contributed by atoms with van der Waals surface area (Å²) in [6.07, 6.45) is 0. The zero-order valence-corrected chi connectivity index (χ0v) is 16.5. The summed E-state index contributed by atoms with van der Waals surface area (Å²) < 4.78 is 0. The van der Waals surface area contributed by atoms with Gasteiger partial charge >= 0.3 is 0 Å². The highest BCUT2D eigenvalue weighted by Gasteiger charge is 2.19. The lowest BCUT2D eigenvalue weighted by Gasteiger charge is -2.07. The molecule has 4 aromatic carbocycles. The first-order valence-electron chi connectivity index (χ1n) is 10.4. The highest BCUT2D eigenvalue weighted by atomic mass is 14.2. The van der Waals surface area contributed by atoms with Gasteiger partial charge in [-0.15, -0.1) is 0 Å². The van der Waals surface area contributed by atoms with Gasteiger partial charge in [0.15, 0.2) is 0 Å². The summed E-state index contributed by atoms with van der Waals surface area (Å²) in [6, 6.07) is 43.8. The Balaban J connectivity index is 1.70. The van der Waals surface area contributed by atoms with E-state index in [1.807, 2.05) is 0 Å². The van der Waals surface area contributed by atoms with Crippen LogP contribution in [0.5, 0.6) is 0 Å². The molecule has 0 unspecified atom stereocenters. The highest BCUT2D eigenvalue weighted by molar-refractivity contribution is 6.08. The van der Waals surface area contributed by atoms with Crippen LogP contribution in [0.25, 0.3) is 54.9 Å². The molecule has 0 N–H and O–H groups in total. The summed E-state index contributed by atoms with van der Waals surface area (Å²) in [6.45, 7) is 0. The van der Waals surface area contributed by atoms with Crippen molar-refractivity contribution in [3.63, 3.8) is 0 Å². The summed E-state index contributed by atoms with van der Waals surface area (Å²) >= 11 is 0. The summed E-state index contributed by atoms with van der Waals surface area (Å²) in [7, 11) is 0. The Bertz CT molecular complexity index is 1370. The smallest absolute Gasteiger partial charge is 0.00926 e. The molecule has 0 spiro atoms. The molecule has 0 amide bonds. The maximum Gasteiger partial charge on any atom is -0.00926 e. The van der Waals surface area contributed by atoms with Gasteiger partial charge in [-0.2, -0.15) is 0 Å². The normalized spacial score (nSPS) is 11.3. The molecule has 0 heteroatoms. The molecule has 0 nitrogen and oxygen atoms in total. The van der Waals surface area contributed by atoms with Crippen LogP contribution in [0.3, 0.4) is 0 Å². The van der Waals surface area contributed by atoms with Gasteiger partial charge in [0.1, 0.15) is 0 Å². The van der Waals surface area contributed by atoms with Crippen LogP contribution in [-0.2, 0) is 0 Å². The molecule has 30 heavy (non-hydrogen) atoms. The summed E-state index contributed by atoms with van der Waals surface area (Å²) in [5, 5.41) is 5.14. The molecule has 0 saturated heterocycles. The van der Waals surface area contributed by atoms with E-state index in [2.05, 4.69) is 121 Å². The highest BCUT2D eigenvalue weighted by Crippen LogP contribution is 2.46. The van der Waals surface area contributed by atoms with Gasteiger partial charge in [0, 0.05) is 0 Å². The molecule has 0 aromatic heterocycles. The standard InChI is InChI=1S/C30H20/c1-2-16-27-28(17-3-1)30(26-19-9-13-22-11-5-7-15-24(22)26)20-29(27)25-18-8-12-21-10-4-6-14-23(21)25/h1-20H. The maximum atomic E-state index is 2.38. The van der Waals surface area contributed by atoms with Crippen LogP contribution in [-0.4, -0.2) is 0 Å². The predicted octanol–water partition coefficient (Wildman–Crippen LogP) is 8.43. The van der Waals surface area contributed by atoms with Crippen molar-refractivity contribution in [1.82, 2.24) is 0 Å². The Morgan fingerprint density at radius 3 is 1.20 bits per heavy atom. The van der Waals surface area contributed by atoms with Crippen molar-refractivity contribution in [3.8, 4) is 33.4 Å². The Morgan fingerprint density at radius 2 is 0.667 bits per heavy atom. The molecular weight excluding hydrogens is 360 g/mol. The lowest BCUT2D eigenvalue weighted by molar-refractivity contribution is 1.70. The van der Waals surface area contributed by atoms with E-state index >= 15 is 0 Å². The fourth-order valence-corrected chi connectivity index (χ4v) is 4.68. The molecule has 0 heterocycles. The largest absolute Gasteiger partial charge is 0.0622 e. The molecule has 0 bridgehead atoms. The van der Waals surface area contributed by atoms with Crippen LogP contribution in [0.1, 0.15) is 0 Å². The van der Waals surface area contributed by atoms with Gasteiger partial charge in [-0.25, -0.2) is 0 Å². The fourth-order valence-electron chi connectivity index (χ4n) is 4.68. The molecular formula is C30H20. The lowest BCUT2D eigenvalue weighted by atomic mass is 9.96. The third-order valence-electron chi connectivity index (χ3n) is 6.07. The van der Waals surface area contributed by atoms with Crippen molar-refractivity contribution in [2.24, 2.45) is 0 Å². The Labute approximate surface area is 176 Å². The summed E-state index contributed by atoms with van der Waals surface area (Å²) in [4.78, 5) is 0. The van der Waals surface area contributed by atoms with E-state index in [-0.39, 0.29) is 0 Å². The molecule has 0 fully saturated rings. The second-order valence-corrected chi connectivity index (χ2v) is 7.76. The van der Waals surface area contributed by atoms with Crippen LogP contribution >= 0.6 is 0 Å². The summed E-state index contributed by atoms with van der Waals surface area (Å²) in [5.41, 5.74) is 7.74. The second-order valence-electron chi connectivity index (χ2n) is 7.76. The monoisotopic (exact) mass is 380 g/mol. The van der Waals surface area contributed by atoms with Crippen LogP contribution < -0.4 is 0 Å². The fraction of sp³-hybridized carbons (Fsp3) is 0. The minimum Gasteiger partial charge on any atom is -0.0622 e. The van der Waals surface area contributed by atoms with Crippen LogP contribution in [0, 0.1) is 0 Å². The van der Waals surface area contributed by atoms with Gasteiger partial charge in [0.2, 0.25) is 0 Å². The van der Waals surface area contributed by atoms with Crippen molar-refractivity contribution < 1.29 is 0 Å². The van der Waals surface area contributed by atoms with E-state index < -0.39 is 0 Å². The van der Waals surface area contributed by atoms with Gasteiger partial charge in [0.25, 0.3) is 0 Å². The minimum absolute atomic E-state index is 1.27. The van der Waals surface area contributed by atoms with Crippen molar-refractivity contribution in [2.75, 3.05) is 0 Å². The first kappa shape index (κ1) is 17.0. The van der Waals surface area contributed by atoms with E-state index in [1.54, 1.807) is 0 Å². The Hall–Kier alpha value is -3.90. The van der Waals surface area contributed by atoms with Gasteiger partial charge in [-0.3, -0.25) is 0 Å². The third kappa shape index (κ3) is 2.62. The minimum atomic E-state index is 1.27. The predicted molar refractivity (Wildman–Crippen MR) is 129 cm³/mol. The average molecular weight is 380 g/mol. The molecule has 4 aromatic rings. The number of fused-ring (bicyclic) bond motifs is 3. The summed E-state index contributed by atoms with van der Waals surface area (Å²) in [5.74, 6) is 0. The SMILES string of the molecule is c1ccc2c(-c3cccc4ccccc34)cc(-c3cccc4ccccc34)c-2cc1. The zero-order valence-electron chi connectivity index (χ0n) is 16.5.